The molecule has 0 amide bonds. The summed E-state index contributed by atoms with van der Waals surface area (Å²) in [5.74, 6) is 1.02. The summed E-state index contributed by atoms with van der Waals surface area (Å²) in [6, 6.07) is 8.36. The van der Waals surface area contributed by atoms with Gasteiger partial charge in [-0.3, -0.25) is 0 Å². The van der Waals surface area contributed by atoms with Crippen molar-refractivity contribution < 1.29 is 4.74 Å². The molecule has 0 aromatic heterocycles. The average molecular weight is 233 g/mol. The van der Waals surface area contributed by atoms with Crippen LogP contribution in [0.1, 0.15) is 38.2 Å². The molecule has 2 nitrogen and oxygen atoms in total. The Morgan fingerprint density at radius 3 is 2.82 bits per heavy atom. The van der Waals surface area contributed by atoms with Gasteiger partial charge in [-0.05, 0) is 50.3 Å². The lowest BCUT2D eigenvalue weighted by Gasteiger charge is -2.28. The normalized spacial score (nSPS) is 23.9. The van der Waals surface area contributed by atoms with E-state index in [2.05, 4.69) is 30.4 Å². The van der Waals surface area contributed by atoms with Gasteiger partial charge in [0.1, 0.15) is 5.75 Å². The standard InChI is InChI=1S/C15H23NO/c1-3-15(10-6-12-16-15)11-9-13-7-4-5-8-14(13)17-2/h4-5,7-8,16H,3,6,9-12H2,1-2H3. The number of ether oxygens (including phenoxy) is 1. The Labute approximate surface area is 104 Å². The minimum Gasteiger partial charge on any atom is -0.496 e. The van der Waals surface area contributed by atoms with Crippen molar-refractivity contribution in [3.05, 3.63) is 29.8 Å². The Balaban J connectivity index is 2.01. The fourth-order valence-electron chi connectivity index (χ4n) is 2.84. The molecule has 1 aliphatic heterocycles. The van der Waals surface area contributed by atoms with Gasteiger partial charge < -0.3 is 10.1 Å². The van der Waals surface area contributed by atoms with Gasteiger partial charge in [-0.2, -0.15) is 0 Å². The van der Waals surface area contributed by atoms with E-state index in [-0.39, 0.29) is 0 Å². The summed E-state index contributed by atoms with van der Waals surface area (Å²) < 4.78 is 5.41. The fraction of sp³-hybridized carbons (Fsp3) is 0.600. The number of hydrogen-bond acceptors (Lipinski definition) is 2. The van der Waals surface area contributed by atoms with Crippen molar-refractivity contribution >= 4 is 0 Å². The highest BCUT2D eigenvalue weighted by Crippen LogP contribution is 2.30. The van der Waals surface area contributed by atoms with Crippen LogP contribution in [-0.2, 0) is 6.42 Å². The predicted octanol–water partition coefficient (Wildman–Crippen LogP) is 3.16. The number of nitrogens with one attached hydrogen (secondary N) is 1. The molecule has 94 valence electrons. The first-order valence-electron chi connectivity index (χ1n) is 6.66. The summed E-state index contributed by atoms with van der Waals surface area (Å²) in [5, 5.41) is 3.69. The Morgan fingerprint density at radius 2 is 2.18 bits per heavy atom. The smallest absolute Gasteiger partial charge is 0.122 e. The Hall–Kier alpha value is -1.02. The van der Waals surface area contributed by atoms with Gasteiger partial charge in [0.25, 0.3) is 0 Å². The van der Waals surface area contributed by atoms with E-state index in [9.17, 15) is 0 Å². The van der Waals surface area contributed by atoms with Gasteiger partial charge in [-0.25, -0.2) is 0 Å². The van der Waals surface area contributed by atoms with E-state index in [0.717, 1.165) is 12.2 Å². The van der Waals surface area contributed by atoms with Gasteiger partial charge in [0.2, 0.25) is 0 Å². The van der Waals surface area contributed by atoms with Gasteiger partial charge in [0.15, 0.2) is 0 Å². The molecular weight excluding hydrogens is 210 g/mol. The molecule has 0 bridgehead atoms. The zero-order chi connectivity index (χ0) is 12.1. The van der Waals surface area contributed by atoms with Crippen molar-refractivity contribution in [1.29, 1.82) is 0 Å². The molecule has 1 unspecified atom stereocenters. The summed E-state index contributed by atoms with van der Waals surface area (Å²) in [6.45, 7) is 3.47. The largest absolute Gasteiger partial charge is 0.496 e. The lowest BCUT2D eigenvalue weighted by Crippen LogP contribution is -2.39. The summed E-state index contributed by atoms with van der Waals surface area (Å²) in [7, 11) is 1.75. The second kappa shape index (κ2) is 5.54. The second-order valence-electron chi connectivity index (χ2n) is 4.98. The first-order chi connectivity index (χ1) is 8.29. The SMILES string of the molecule is CCC1(CCc2ccccc2OC)CCCN1. The van der Waals surface area contributed by atoms with Crippen molar-refractivity contribution in [2.45, 2.75) is 44.6 Å². The topological polar surface area (TPSA) is 21.3 Å². The van der Waals surface area contributed by atoms with E-state index in [0.29, 0.717) is 5.54 Å². The van der Waals surface area contributed by atoms with Crippen LogP contribution in [0.25, 0.3) is 0 Å². The molecule has 2 rings (SSSR count). The predicted molar refractivity (Wildman–Crippen MR) is 71.6 cm³/mol. The third-order valence-electron chi connectivity index (χ3n) is 4.07. The summed E-state index contributed by atoms with van der Waals surface area (Å²) in [6.07, 6.45) is 6.18. The Morgan fingerprint density at radius 1 is 1.35 bits per heavy atom. The highest BCUT2D eigenvalue weighted by atomic mass is 16.5. The van der Waals surface area contributed by atoms with E-state index in [1.54, 1.807) is 7.11 Å². The molecule has 1 aromatic carbocycles. The van der Waals surface area contributed by atoms with Crippen LogP contribution < -0.4 is 10.1 Å². The van der Waals surface area contributed by atoms with Crippen LogP contribution in [0.4, 0.5) is 0 Å². The van der Waals surface area contributed by atoms with Crippen LogP contribution in [0.2, 0.25) is 0 Å². The number of benzene rings is 1. The van der Waals surface area contributed by atoms with Gasteiger partial charge in [-0.1, -0.05) is 25.1 Å². The summed E-state index contributed by atoms with van der Waals surface area (Å²) in [4.78, 5) is 0. The second-order valence-corrected chi connectivity index (χ2v) is 4.98. The first kappa shape index (κ1) is 12.4. The summed E-state index contributed by atoms with van der Waals surface area (Å²) in [5.41, 5.74) is 1.71. The molecule has 1 aromatic rings. The van der Waals surface area contributed by atoms with Crippen molar-refractivity contribution in [3.8, 4) is 5.75 Å². The van der Waals surface area contributed by atoms with Gasteiger partial charge >= 0.3 is 0 Å². The van der Waals surface area contributed by atoms with Gasteiger partial charge in [0.05, 0.1) is 7.11 Å². The lowest BCUT2D eigenvalue weighted by atomic mass is 9.87. The molecule has 1 fully saturated rings. The monoisotopic (exact) mass is 233 g/mol. The van der Waals surface area contributed by atoms with Crippen molar-refractivity contribution in [2.75, 3.05) is 13.7 Å². The fourth-order valence-corrected chi connectivity index (χ4v) is 2.84. The van der Waals surface area contributed by atoms with Crippen molar-refractivity contribution in [1.82, 2.24) is 5.32 Å². The minimum atomic E-state index is 0.376. The zero-order valence-electron chi connectivity index (χ0n) is 11.0. The van der Waals surface area contributed by atoms with E-state index >= 15 is 0 Å². The van der Waals surface area contributed by atoms with Crippen LogP contribution in [0.5, 0.6) is 5.75 Å². The van der Waals surface area contributed by atoms with E-state index in [1.807, 2.05) is 6.07 Å². The van der Waals surface area contributed by atoms with Crippen LogP contribution in [0, 0.1) is 0 Å². The highest BCUT2D eigenvalue weighted by Gasteiger charge is 2.30. The van der Waals surface area contributed by atoms with Crippen LogP contribution in [0.3, 0.4) is 0 Å². The molecular formula is C15H23NO. The number of aryl methyl sites for hydroxylation is 1. The molecule has 1 N–H and O–H groups in total. The van der Waals surface area contributed by atoms with Gasteiger partial charge in [-0.15, -0.1) is 0 Å². The lowest BCUT2D eigenvalue weighted by molar-refractivity contribution is 0.333. The number of para-hydroxylation sites is 1. The van der Waals surface area contributed by atoms with Crippen molar-refractivity contribution in [3.63, 3.8) is 0 Å². The van der Waals surface area contributed by atoms with E-state index < -0.39 is 0 Å². The van der Waals surface area contributed by atoms with Crippen LogP contribution in [-0.4, -0.2) is 19.2 Å². The summed E-state index contributed by atoms with van der Waals surface area (Å²) >= 11 is 0. The third-order valence-corrected chi connectivity index (χ3v) is 4.07. The maximum Gasteiger partial charge on any atom is 0.122 e. The average Bonchev–Trinajstić information content (AvgIpc) is 2.86. The van der Waals surface area contributed by atoms with E-state index in [4.69, 9.17) is 4.74 Å². The maximum atomic E-state index is 5.41. The highest BCUT2D eigenvalue weighted by molar-refractivity contribution is 5.33. The molecule has 0 saturated carbocycles. The number of rotatable bonds is 5. The Kier molecular flexibility index (Phi) is 4.06. The first-order valence-corrected chi connectivity index (χ1v) is 6.66. The molecule has 1 aliphatic rings. The van der Waals surface area contributed by atoms with Crippen molar-refractivity contribution in [2.24, 2.45) is 0 Å². The molecule has 0 radical (unpaired) electrons. The van der Waals surface area contributed by atoms with E-state index in [1.165, 1.54) is 37.8 Å². The Bertz CT molecular complexity index is 356. The molecule has 17 heavy (non-hydrogen) atoms. The molecule has 1 heterocycles. The quantitative estimate of drug-likeness (QED) is 0.843. The van der Waals surface area contributed by atoms with Crippen LogP contribution >= 0.6 is 0 Å². The van der Waals surface area contributed by atoms with Crippen LogP contribution in [0.15, 0.2) is 24.3 Å². The molecule has 2 heteroatoms. The third kappa shape index (κ3) is 2.81. The molecule has 1 atom stereocenters. The number of hydrogen-bond donors (Lipinski definition) is 1. The maximum absolute atomic E-state index is 5.41. The number of methoxy groups -OCH3 is 1. The van der Waals surface area contributed by atoms with Gasteiger partial charge in [0, 0.05) is 5.54 Å². The zero-order valence-corrected chi connectivity index (χ0v) is 11.0. The molecule has 0 aliphatic carbocycles. The molecule has 1 saturated heterocycles. The minimum absolute atomic E-state index is 0.376. The molecule has 0 spiro atoms.